The van der Waals surface area contributed by atoms with Crippen molar-refractivity contribution in [1.82, 2.24) is 8.47 Å². The third kappa shape index (κ3) is 2.19. The Hall–Kier alpha value is -3.87. The predicted octanol–water partition coefficient (Wildman–Crippen LogP) is 7.78. The van der Waals surface area contributed by atoms with Gasteiger partial charge in [-0.05, 0) is 59.8 Å². The number of aromatic nitrogens is 2. The highest BCUT2D eigenvalue weighted by Gasteiger charge is 2.42. The van der Waals surface area contributed by atoms with Crippen LogP contribution in [0, 0.1) is 0 Å². The van der Waals surface area contributed by atoms with Gasteiger partial charge in [-0.1, -0.05) is 84.9 Å². The lowest BCUT2D eigenvalue weighted by Gasteiger charge is -2.37. The Balaban J connectivity index is 1.64. The highest BCUT2D eigenvalue weighted by atomic mass is 28.3. The van der Waals surface area contributed by atoms with Crippen LogP contribution in [0.5, 0.6) is 0 Å². The Kier molecular flexibility index (Phi) is 3.65. The summed E-state index contributed by atoms with van der Waals surface area (Å²) in [5, 5.41) is 8.64. The van der Waals surface area contributed by atoms with Crippen LogP contribution in [-0.2, 0) is 0 Å². The molecule has 2 aliphatic rings. The van der Waals surface area contributed by atoms with Crippen molar-refractivity contribution >= 4 is 70.5 Å². The van der Waals surface area contributed by atoms with Crippen molar-refractivity contribution in [2.75, 3.05) is 0 Å². The molecule has 0 aliphatic carbocycles. The van der Waals surface area contributed by atoms with Gasteiger partial charge < -0.3 is 8.47 Å². The average Bonchev–Trinajstić information content (AvgIpc) is 3.45. The number of fused-ring (bicyclic) bond motifs is 11. The van der Waals surface area contributed by atoms with Crippen LogP contribution >= 0.6 is 0 Å². The summed E-state index contributed by atoms with van der Waals surface area (Å²) in [5.41, 5.74) is 11.4. The molecule has 0 atom stereocenters. The van der Waals surface area contributed by atoms with Crippen LogP contribution < -0.4 is 10.4 Å². The van der Waals surface area contributed by atoms with Gasteiger partial charge in [-0.15, -0.1) is 0 Å². The first-order valence-electron chi connectivity index (χ1n) is 13.6. The molecule has 2 aromatic heterocycles. The van der Waals surface area contributed by atoms with Crippen LogP contribution in [0.25, 0.3) is 65.9 Å². The summed E-state index contributed by atoms with van der Waals surface area (Å²) in [6.07, 6.45) is 0. The van der Waals surface area contributed by atoms with Gasteiger partial charge in [0.15, 0.2) is 16.5 Å². The maximum absolute atomic E-state index is 2.82. The summed E-state index contributed by atoms with van der Waals surface area (Å²) in [5.74, 6) is 0. The fourth-order valence-corrected chi connectivity index (χ4v) is 14.4. The molecule has 0 saturated heterocycles. The quantitative estimate of drug-likeness (QED) is 0.181. The van der Waals surface area contributed by atoms with Crippen molar-refractivity contribution in [1.29, 1.82) is 0 Å². The van der Waals surface area contributed by atoms with Crippen LogP contribution in [0.2, 0.25) is 26.2 Å². The van der Waals surface area contributed by atoms with Crippen molar-refractivity contribution < 1.29 is 0 Å². The van der Waals surface area contributed by atoms with Gasteiger partial charge in [0, 0.05) is 43.7 Å². The summed E-state index contributed by atoms with van der Waals surface area (Å²) < 4.78 is 5.59. The Morgan fingerprint density at radius 1 is 0.447 bits per heavy atom. The molecule has 4 heterocycles. The zero-order valence-electron chi connectivity index (χ0n) is 22.1. The normalized spacial score (nSPS) is 16.3. The molecule has 2 nitrogen and oxygen atoms in total. The second-order valence-corrected chi connectivity index (χ2v) is 20.4. The van der Waals surface area contributed by atoms with Crippen molar-refractivity contribution in [2.24, 2.45) is 0 Å². The molecule has 0 bridgehead atoms. The van der Waals surface area contributed by atoms with E-state index in [4.69, 9.17) is 0 Å². The van der Waals surface area contributed by atoms with E-state index >= 15 is 0 Å². The van der Waals surface area contributed by atoms with Crippen molar-refractivity contribution in [3.05, 3.63) is 97.1 Å². The van der Waals surface area contributed by atoms with Crippen molar-refractivity contribution in [3.8, 4) is 22.3 Å². The Morgan fingerprint density at radius 3 is 1.82 bits per heavy atom. The summed E-state index contributed by atoms with van der Waals surface area (Å²) in [7, 11) is -4.08. The summed E-state index contributed by atoms with van der Waals surface area (Å²) >= 11 is 0. The smallest absolute Gasteiger partial charge is 0.188 e. The van der Waals surface area contributed by atoms with E-state index in [9.17, 15) is 0 Å². The SMILES string of the molecule is C[Si]1(C)c2ccccc2-c2c3c(cc4c5cccc6c5n(c24)[Si](C)(C)c2ccccc2-6)c2ccccc2n31. The first-order chi connectivity index (χ1) is 18.4. The average molecular weight is 521 g/mol. The molecule has 0 saturated carbocycles. The highest BCUT2D eigenvalue weighted by molar-refractivity contribution is 6.92. The number of nitrogens with zero attached hydrogens (tertiary/aromatic N) is 2. The van der Waals surface area contributed by atoms with Gasteiger partial charge in [0.1, 0.15) is 0 Å². The number of hydrogen-bond donors (Lipinski definition) is 0. The van der Waals surface area contributed by atoms with Crippen molar-refractivity contribution in [2.45, 2.75) is 26.2 Å². The second kappa shape index (κ2) is 6.58. The van der Waals surface area contributed by atoms with Gasteiger partial charge in [-0.25, -0.2) is 0 Å². The molecule has 0 spiro atoms. The minimum Gasteiger partial charge on any atom is -0.363 e. The van der Waals surface area contributed by atoms with Gasteiger partial charge in [-0.3, -0.25) is 0 Å². The molecular formula is C34H28N2Si2. The molecule has 5 aromatic carbocycles. The van der Waals surface area contributed by atoms with Crippen LogP contribution in [0.15, 0.2) is 97.1 Å². The van der Waals surface area contributed by atoms with Gasteiger partial charge in [-0.2, -0.15) is 0 Å². The Morgan fingerprint density at radius 2 is 1.00 bits per heavy atom. The third-order valence-corrected chi connectivity index (χ3v) is 16.2. The molecule has 38 heavy (non-hydrogen) atoms. The fraction of sp³-hybridized carbons (Fsp3) is 0.118. The molecule has 0 radical (unpaired) electrons. The van der Waals surface area contributed by atoms with Crippen LogP contribution in [0.1, 0.15) is 0 Å². The second-order valence-electron chi connectivity index (χ2n) is 12.1. The first kappa shape index (κ1) is 21.1. The van der Waals surface area contributed by atoms with E-state index in [-0.39, 0.29) is 0 Å². The molecule has 7 aromatic rings. The molecule has 0 fully saturated rings. The number of rotatable bonds is 0. The molecule has 0 N–H and O–H groups in total. The van der Waals surface area contributed by atoms with Crippen LogP contribution in [0.4, 0.5) is 0 Å². The lowest BCUT2D eigenvalue weighted by Crippen LogP contribution is -2.53. The topological polar surface area (TPSA) is 9.86 Å². The number of hydrogen-bond acceptors (Lipinski definition) is 0. The standard InChI is InChI=1S/C34H28N2Si2/c1-37(2)30-19-10-7-14-25(30)31-33-26(21-12-5-8-17-28(21)35(33)37)20-27-24-16-11-15-23-22-13-6-9-18-29(22)38(3,4)36(32(23)24)34(27)31/h5-20H,1-4H3. The van der Waals surface area contributed by atoms with Crippen molar-refractivity contribution in [3.63, 3.8) is 0 Å². The minimum atomic E-state index is -2.08. The van der Waals surface area contributed by atoms with Gasteiger partial charge in [0.2, 0.25) is 0 Å². The fourth-order valence-electron chi connectivity index (χ4n) is 8.01. The predicted molar refractivity (Wildman–Crippen MR) is 168 cm³/mol. The van der Waals surface area contributed by atoms with E-state index in [2.05, 4.69) is 132 Å². The van der Waals surface area contributed by atoms with Gasteiger partial charge in [0.25, 0.3) is 0 Å². The Bertz CT molecular complexity index is 2190. The zero-order chi connectivity index (χ0) is 25.6. The molecule has 0 unspecified atom stereocenters. The van der Waals surface area contributed by atoms with Crippen LogP contribution in [0.3, 0.4) is 0 Å². The number of benzene rings is 5. The van der Waals surface area contributed by atoms with E-state index in [1.165, 1.54) is 76.2 Å². The van der Waals surface area contributed by atoms with Gasteiger partial charge in [0.05, 0.1) is 11.0 Å². The lowest BCUT2D eigenvalue weighted by molar-refractivity contribution is 1.24. The van der Waals surface area contributed by atoms with E-state index < -0.39 is 16.5 Å². The van der Waals surface area contributed by atoms with E-state index in [1.807, 2.05) is 0 Å². The number of para-hydroxylation sites is 2. The molecule has 182 valence electrons. The summed E-state index contributed by atoms with van der Waals surface area (Å²) in [6.45, 7) is 10.1. The highest BCUT2D eigenvalue weighted by Crippen LogP contribution is 2.50. The zero-order valence-corrected chi connectivity index (χ0v) is 24.1. The molecular weight excluding hydrogens is 493 g/mol. The molecule has 0 amide bonds. The summed E-state index contributed by atoms with van der Waals surface area (Å²) in [6, 6.07) is 37.1. The van der Waals surface area contributed by atoms with E-state index in [0.717, 1.165) is 0 Å². The molecule has 4 heteroatoms. The Labute approximate surface area is 223 Å². The maximum Gasteiger partial charge on any atom is 0.188 e. The van der Waals surface area contributed by atoms with Crippen LogP contribution in [-0.4, -0.2) is 24.9 Å². The molecule has 9 rings (SSSR count). The maximum atomic E-state index is 2.82. The largest absolute Gasteiger partial charge is 0.363 e. The van der Waals surface area contributed by atoms with E-state index in [0.29, 0.717) is 0 Å². The third-order valence-electron chi connectivity index (χ3n) is 9.55. The first-order valence-corrected chi connectivity index (χ1v) is 19.5. The monoisotopic (exact) mass is 520 g/mol. The minimum absolute atomic E-state index is 1.38. The van der Waals surface area contributed by atoms with Gasteiger partial charge >= 0.3 is 0 Å². The molecule has 2 aliphatic heterocycles. The lowest BCUT2D eigenvalue weighted by atomic mass is 9.97. The summed E-state index contributed by atoms with van der Waals surface area (Å²) in [4.78, 5) is 0. The van der Waals surface area contributed by atoms with E-state index in [1.54, 1.807) is 0 Å².